The number of nitrogens with one attached hydrogen (secondary N) is 1. The first-order chi connectivity index (χ1) is 17.4. The van der Waals surface area contributed by atoms with Gasteiger partial charge in [0.2, 0.25) is 6.41 Å². The van der Waals surface area contributed by atoms with Gasteiger partial charge in [-0.2, -0.15) is 0 Å². The number of ketones is 2. The Morgan fingerprint density at radius 3 is 2.78 bits per heavy atom. The van der Waals surface area contributed by atoms with E-state index in [9.17, 15) is 19.5 Å². The molecule has 1 heterocycles. The monoisotopic (exact) mass is 525 g/mol. The summed E-state index contributed by atoms with van der Waals surface area (Å²) in [6.07, 6.45) is 1.25. The quantitative estimate of drug-likeness (QED) is 0.271. The smallest absolute Gasteiger partial charge is 0.208 e. The first-order valence-electron chi connectivity index (χ1n) is 12.9. The van der Waals surface area contributed by atoms with E-state index in [2.05, 4.69) is 5.32 Å². The number of carbonyl (C=O) groups excluding carboxylic acids is 3. The molecule has 4 rings (SSSR count). The molecule has 3 fully saturated rings. The molecule has 0 aromatic carbocycles. The van der Waals surface area contributed by atoms with E-state index >= 15 is 8.78 Å². The highest BCUT2D eigenvalue weighted by molar-refractivity contribution is 6.01. The van der Waals surface area contributed by atoms with E-state index in [-0.39, 0.29) is 31.8 Å². The van der Waals surface area contributed by atoms with Crippen LogP contribution in [0.5, 0.6) is 0 Å². The highest BCUT2D eigenvalue weighted by Crippen LogP contribution is 2.67. The van der Waals surface area contributed by atoms with Crippen LogP contribution in [0.15, 0.2) is 23.8 Å². The summed E-state index contributed by atoms with van der Waals surface area (Å²) in [5.74, 6) is -2.46. The van der Waals surface area contributed by atoms with Gasteiger partial charge in [-0.3, -0.25) is 14.4 Å². The molecule has 1 amide bonds. The van der Waals surface area contributed by atoms with Crippen molar-refractivity contribution in [2.75, 3.05) is 19.9 Å². The summed E-state index contributed by atoms with van der Waals surface area (Å²) >= 11 is 0. The molecule has 0 radical (unpaired) electrons. The lowest BCUT2D eigenvalue weighted by atomic mass is 9.43. The molecular weight excluding hydrogens is 488 g/mol. The molecule has 3 aliphatic carbocycles. The molecule has 0 spiro atoms. The number of halogens is 2. The summed E-state index contributed by atoms with van der Waals surface area (Å²) in [7, 11) is 0. The van der Waals surface area contributed by atoms with Crippen LogP contribution in [0, 0.1) is 22.7 Å². The van der Waals surface area contributed by atoms with Gasteiger partial charge in [-0.1, -0.05) is 33.3 Å². The zero-order valence-corrected chi connectivity index (χ0v) is 21.8. The van der Waals surface area contributed by atoms with Gasteiger partial charge in [0, 0.05) is 16.7 Å². The Labute approximate surface area is 215 Å². The van der Waals surface area contributed by atoms with Gasteiger partial charge in [0.15, 0.2) is 29.1 Å². The van der Waals surface area contributed by atoms with E-state index < -0.39 is 70.7 Å². The fourth-order valence-electron chi connectivity index (χ4n) is 7.24. The van der Waals surface area contributed by atoms with Gasteiger partial charge < -0.3 is 24.6 Å². The van der Waals surface area contributed by atoms with Crippen molar-refractivity contribution in [2.24, 2.45) is 22.7 Å². The van der Waals surface area contributed by atoms with Crippen molar-refractivity contribution in [1.82, 2.24) is 5.32 Å². The summed E-state index contributed by atoms with van der Waals surface area (Å²) < 4.78 is 50.4. The molecule has 1 saturated heterocycles. The Morgan fingerprint density at radius 1 is 1.38 bits per heavy atom. The van der Waals surface area contributed by atoms with Gasteiger partial charge in [-0.25, -0.2) is 8.78 Å². The van der Waals surface area contributed by atoms with Crippen molar-refractivity contribution in [1.29, 1.82) is 0 Å². The van der Waals surface area contributed by atoms with E-state index in [4.69, 9.17) is 14.2 Å². The number of hydrogen-bond donors (Lipinski definition) is 2. The predicted octanol–water partition coefficient (Wildman–Crippen LogP) is 2.73. The molecule has 2 N–H and O–H groups in total. The zero-order valence-electron chi connectivity index (χ0n) is 21.8. The van der Waals surface area contributed by atoms with Crippen LogP contribution < -0.4 is 5.32 Å². The van der Waals surface area contributed by atoms with Crippen LogP contribution in [0.1, 0.15) is 53.4 Å². The van der Waals surface area contributed by atoms with E-state index in [1.807, 2.05) is 6.92 Å². The average molecular weight is 526 g/mol. The molecular formula is C27H37F2NO7. The van der Waals surface area contributed by atoms with Crippen LogP contribution in [0.4, 0.5) is 8.78 Å². The zero-order chi connectivity index (χ0) is 27.2. The van der Waals surface area contributed by atoms with Crippen molar-refractivity contribution in [2.45, 2.75) is 83.2 Å². The van der Waals surface area contributed by atoms with Gasteiger partial charge in [0.05, 0.1) is 12.7 Å². The van der Waals surface area contributed by atoms with Crippen molar-refractivity contribution in [3.05, 3.63) is 23.8 Å². The number of hydrogen-bond acceptors (Lipinski definition) is 7. The van der Waals surface area contributed by atoms with Crippen LogP contribution in [-0.2, 0) is 28.6 Å². The number of amides is 1. The van der Waals surface area contributed by atoms with Gasteiger partial charge in [-0.05, 0) is 49.8 Å². The number of aliphatic hydroxyl groups is 1. The lowest BCUT2D eigenvalue weighted by molar-refractivity contribution is -0.242. The van der Waals surface area contributed by atoms with E-state index in [1.165, 1.54) is 19.1 Å². The highest BCUT2D eigenvalue weighted by atomic mass is 19.1. The molecule has 2 saturated carbocycles. The first kappa shape index (κ1) is 28.0. The average Bonchev–Trinajstić information content (AvgIpc) is 3.30. The Balaban J connectivity index is 1.74. The predicted molar refractivity (Wildman–Crippen MR) is 129 cm³/mol. The number of ether oxygens (including phenoxy) is 3. The van der Waals surface area contributed by atoms with Crippen molar-refractivity contribution in [3.8, 4) is 0 Å². The number of alkyl halides is 2. The van der Waals surface area contributed by atoms with Crippen LogP contribution in [0.3, 0.4) is 0 Å². The molecule has 206 valence electrons. The summed E-state index contributed by atoms with van der Waals surface area (Å²) in [4.78, 5) is 36.3. The van der Waals surface area contributed by atoms with Gasteiger partial charge in [0.25, 0.3) is 0 Å². The maximum absolute atomic E-state index is 17.3. The van der Waals surface area contributed by atoms with Crippen LogP contribution in [0.2, 0.25) is 0 Å². The molecule has 37 heavy (non-hydrogen) atoms. The SMILES string of the molecule is CCCC1OCC(C(=O)COCNC=O)(C2(C)CC(O)[C@@]3(F)C(C[C@H](F)C4=CC(=O)C=CC43C)C2C)O1. The number of Topliss-reactive ketones (excluding diaryl/α,β-unsaturated/α-hetero) is 1. The largest absolute Gasteiger partial charge is 0.390 e. The third-order valence-corrected chi connectivity index (χ3v) is 9.53. The maximum Gasteiger partial charge on any atom is 0.208 e. The number of allylic oxidation sites excluding steroid dienone is 4. The number of fused-ring (bicyclic) bond motifs is 3. The van der Waals surface area contributed by atoms with E-state index in [0.717, 1.165) is 12.5 Å². The number of rotatable bonds is 9. The second kappa shape index (κ2) is 9.94. The fourth-order valence-corrected chi connectivity index (χ4v) is 7.24. The number of aliphatic hydroxyl groups excluding tert-OH is 1. The third kappa shape index (κ3) is 4.02. The molecule has 8 nitrogen and oxygen atoms in total. The standard InChI is InChI=1S/C27H37F2NO7/c1-5-6-23-36-13-26(37-23,22(34)12-35-15-30-14-31)25(4)11-21(33)27(29)18(16(25)2)10-20(28)19-9-17(32)7-8-24(19,27)3/h7-9,14,16,18,20-21,23,33H,5-6,10-13,15H2,1-4H3,(H,30,31)/t16?,18?,20-,21?,23?,24?,25?,26?,27-/m0/s1. The molecule has 4 aliphatic rings. The molecule has 9 atom stereocenters. The number of carbonyl (C=O) groups is 3. The first-order valence-corrected chi connectivity index (χ1v) is 12.9. The molecule has 0 aromatic heterocycles. The summed E-state index contributed by atoms with van der Waals surface area (Å²) in [6.45, 7) is 6.32. The van der Waals surface area contributed by atoms with E-state index in [1.54, 1.807) is 13.8 Å². The Morgan fingerprint density at radius 2 is 2.11 bits per heavy atom. The molecule has 1 aliphatic heterocycles. The maximum atomic E-state index is 17.3. The summed E-state index contributed by atoms with van der Waals surface area (Å²) in [6, 6.07) is 0. The minimum atomic E-state index is -2.27. The van der Waals surface area contributed by atoms with Gasteiger partial charge in [0.1, 0.15) is 19.5 Å². The van der Waals surface area contributed by atoms with Crippen molar-refractivity contribution in [3.63, 3.8) is 0 Å². The molecule has 0 bridgehead atoms. The Bertz CT molecular complexity index is 1000. The third-order valence-electron chi connectivity index (χ3n) is 9.53. The summed E-state index contributed by atoms with van der Waals surface area (Å²) in [5, 5.41) is 13.8. The minimum absolute atomic E-state index is 0.0407. The highest BCUT2D eigenvalue weighted by Gasteiger charge is 2.74. The minimum Gasteiger partial charge on any atom is -0.390 e. The van der Waals surface area contributed by atoms with Crippen molar-refractivity contribution < 1.29 is 42.5 Å². The van der Waals surface area contributed by atoms with Crippen molar-refractivity contribution >= 4 is 18.0 Å². The normalized spacial score (nSPS) is 45.1. The molecule has 0 aromatic rings. The van der Waals surface area contributed by atoms with Crippen LogP contribution >= 0.6 is 0 Å². The van der Waals surface area contributed by atoms with E-state index in [0.29, 0.717) is 12.8 Å². The molecule has 7 unspecified atom stereocenters. The fraction of sp³-hybridized carbons (Fsp3) is 0.741. The lowest BCUT2D eigenvalue weighted by Crippen LogP contribution is -2.72. The van der Waals surface area contributed by atoms with Gasteiger partial charge >= 0.3 is 0 Å². The second-order valence-corrected chi connectivity index (χ2v) is 11.3. The lowest BCUT2D eigenvalue weighted by Gasteiger charge is -2.64. The Hall–Kier alpha value is -2.01. The molecule has 10 heteroatoms. The second-order valence-electron chi connectivity index (χ2n) is 11.3. The summed E-state index contributed by atoms with van der Waals surface area (Å²) in [5.41, 5.74) is -6.46. The van der Waals surface area contributed by atoms with Gasteiger partial charge in [-0.15, -0.1) is 0 Å². The van der Waals surface area contributed by atoms with Crippen LogP contribution in [0.25, 0.3) is 0 Å². The Kier molecular flexibility index (Phi) is 7.53. The van der Waals surface area contributed by atoms with Crippen LogP contribution in [-0.4, -0.2) is 72.9 Å². The topological polar surface area (TPSA) is 111 Å².